The molecule has 37 heavy (non-hydrogen) atoms. The summed E-state index contributed by atoms with van der Waals surface area (Å²) in [6.45, 7) is 2.21. The molecule has 180 valence electrons. The topological polar surface area (TPSA) is 15.8 Å². The highest BCUT2D eigenvalue weighted by Crippen LogP contribution is 2.56. The first kappa shape index (κ1) is 23.4. The zero-order chi connectivity index (χ0) is 25.1. The molecule has 1 N–H and O–H groups in total. The normalized spacial score (nSPS) is 12.5. The first-order chi connectivity index (χ1) is 18.3. The van der Waals surface area contributed by atoms with Crippen molar-refractivity contribution in [2.45, 2.75) is 16.9 Å². The maximum atomic E-state index is 3.67. The minimum absolute atomic E-state index is 0.0953. The number of hydrogen-bond acceptors (Lipinski definition) is 1. The van der Waals surface area contributed by atoms with Gasteiger partial charge in [0.05, 0.1) is 10.00 Å². The minimum atomic E-state index is -0.422. The summed E-state index contributed by atoms with van der Waals surface area (Å²) in [5, 5.41) is 1.38. The number of fused-ring (bicyclic) bond motifs is 1. The van der Waals surface area contributed by atoms with Gasteiger partial charge in [-0.05, 0) is 40.8 Å². The van der Waals surface area contributed by atoms with E-state index in [1.807, 2.05) is 11.8 Å². The van der Waals surface area contributed by atoms with Crippen LogP contribution in [-0.4, -0.2) is 4.98 Å². The highest BCUT2D eigenvalue weighted by atomic mass is 32.2. The Morgan fingerprint density at radius 1 is 0.541 bits per heavy atom. The molecule has 6 rings (SSSR count). The summed E-state index contributed by atoms with van der Waals surface area (Å²) in [6.07, 6.45) is 0. The lowest BCUT2D eigenvalue weighted by Gasteiger charge is -2.38. The second kappa shape index (κ2) is 10.2. The largest absolute Gasteiger partial charge is 0.358 e. The van der Waals surface area contributed by atoms with Crippen LogP contribution >= 0.6 is 11.8 Å². The average Bonchev–Trinajstić information content (AvgIpc) is 3.31. The molecule has 1 atom stereocenters. The summed E-state index contributed by atoms with van der Waals surface area (Å²) < 4.78 is -0.422. The van der Waals surface area contributed by atoms with Crippen molar-refractivity contribution in [3.63, 3.8) is 0 Å². The highest BCUT2D eigenvalue weighted by molar-refractivity contribution is 8.01. The Bertz CT molecular complexity index is 1490. The summed E-state index contributed by atoms with van der Waals surface area (Å²) in [6, 6.07) is 52.5. The van der Waals surface area contributed by atoms with Gasteiger partial charge in [-0.1, -0.05) is 140 Å². The van der Waals surface area contributed by atoms with Crippen molar-refractivity contribution in [1.82, 2.24) is 4.98 Å². The van der Waals surface area contributed by atoms with Crippen LogP contribution in [0.1, 0.15) is 38.8 Å². The summed E-state index contributed by atoms with van der Waals surface area (Å²) in [5.74, 6) is 0. The van der Waals surface area contributed by atoms with E-state index in [1.54, 1.807) is 0 Å². The van der Waals surface area contributed by atoms with Crippen LogP contribution < -0.4 is 0 Å². The predicted molar refractivity (Wildman–Crippen MR) is 158 cm³/mol. The molecule has 0 aliphatic carbocycles. The van der Waals surface area contributed by atoms with Gasteiger partial charge in [-0.25, -0.2) is 0 Å². The summed E-state index contributed by atoms with van der Waals surface area (Å²) >= 11 is 2.02. The van der Waals surface area contributed by atoms with Gasteiger partial charge in [0.25, 0.3) is 0 Å². The second-order valence-corrected chi connectivity index (χ2v) is 10.7. The lowest BCUT2D eigenvalue weighted by Crippen LogP contribution is -2.27. The average molecular weight is 496 g/mol. The van der Waals surface area contributed by atoms with Crippen molar-refractivity contribution in [3.05, 3.63) is 179 Å². The van der Waals surface area contributed by atoms with Gasteiger partial charge >= 0.3 is 0 Å². The Kier molecular flexibility index (Phi) is 6.42. The molecule has 1 heterocycles. The number of aromatic nitrogens is 1. The Morgan fingerprint density at radius 2 is 0.973 bits per heavy atom. The van der Waals surface area contributed by atoms with Gasteiger partial charge in [0, 0.05) is 16.6 Å². The van der Waals surface area contributed by atoms with Crippen molar-refractivity contribution in [2.24, 2.45) is 0 Å². The van der Waals surface area contributed by atoms with Gasteiger partial charge in [-0.2, -0.15) is 0 Å². The minimum Gasteiger partial charge on any atom is -0.358 e. The zero-order valence-corrected chi connectivity index (χ0v) is 21.7. The van der Waals surface area contributed by atoms with E-state index in [0.717, 1.165) is 0 Å². The Balaban J connectivity index is 1.66. The van der Waals surface area contributed by atoms with Gasteiger partial charge in [-0.3, -0.25) is 0 Å². The van der Waals surface area contributed by atoms with Crippen LogP contribution in [-0.2, 0) is 4.75 Å². The lowest BCUT2D eigenvalue weighted by atomic mass is 9.84. The molecule has 0 aliphatic heterocycles. The molecular weight excluding hydrogens is 466 g/mol. The molecule has 0 radical (unpaired) electrons. The summed E-state index contributed by atoms with van der Waals surface area (Å²) in [4.78, 5) is 3.67. The van der Waals surface area contributed by atoms with Crippen LogP contribution in [0.2, 0.25) is 0 Å². The first-order valence-corrected chi connectivity index (χ1v) is 13.6. The standard InChI is InChI=1S/C35H29NS/c1-26-33(31-24-14-15-25-32(31)36-26)34(27-16-6-2-7-17-27)37-35(28-18-8-3-9-19-28,29-20-10-4-11-21-29)30-22-12-5-13-23-30/h2-25,34,36H,1H3/t34-/m1/s1. The van der Waals surface area contributed by atoms with Crippen LogP contribution in [0.5, 0.6) is 0 Å². The van der Waals surface area contributed by atoms with E-state index in [-0.39, 0.29) is 5.25 Å². The van der Waals surface area contributed by atoms with Crippen molar-refractivity contribution < 1.29 is 0 Å². The summed E-state index contributed by atoms with van der Waals surface area (Å²) in [7, 11) is 0. The van der Waals surface area contributed by atoms with Gasteiger partial charge < -0.3 is 4.98 Å². The number of rotatable bonds is 7. The third-order valence-corrected chi connectivity index (χ3v) is 8.95. The maximum absolute atomic E-state index is 3.67. The fraction of sp³-hybridized carbons (Fsp3) is 0.0857. The zero-order valence-electron chi connectivity index (χ0n) is 20.8. The summed E-state index contributed by atoms with van der Waals surface area (Å²) in [5.41, 5.74) is 8.86. The molecule has 6 aromatic rings. The number of nitrogens with one attached hydrogen (secondary N) is 1. The van der Waals surface area contributed by atoms with Crippen LogP contribution in [0.15, 0.2) is 146 Å². The number of benzene rings is 5. The molecule has 0 saturated heterocycles. The van der Waals surface area contributed by atoms with E-state index in [0.29, 0.717) is 0 Å². The molecule has 0 amide bonds. The molecule has 1 nitrogen and oxygen atoms in total. The highest BCUT2D eigenvalue weighted by Gasteiger charge is 2.41. The molecule has 2 heteroatoms. The van der Waals surface area contributed by atoms with E-state index in [2.05, 4.69) is 158 Å². The van der Waals surface area contributed by atoms with Crippen molar-refractivity contribution in [1.29, 1.82) is 0 Å². The number of thioether (sulfide) groups is 1. The molecule has 0 spiro atoms. The number of aromatic amines is 1. The number of para-hydroxylation sites is 1. The fourth-order valence-electron chi connectivity index (χ4n) is 5.46. The van der Waals surface area contributed by atoms with E-state index in [9.17, 15) is 0 Å². The lowest BCUT2D eigenvalue weighted by molar-refractivity contribution is 0.885. The molecule has 0 bridgehead atoms. The number of aryl methyl sites for hydroxylation is 1. The van der Waals surface area contributed by atoms with Crippen molar-refractivity contribution >= 4 is 22.7 Å². The van der Waals surface area contributed by atoms with Crippen molar-refractivity contribution in [3.8, 4) is 0 Å². The molecule has 5 aromatic carbocycles. The van der Waals surface area contributed by atoms with E-state index in [4.69, 9.17) is 0 Å². The first-order valence-electron chi connectivity index (χ1n) is 12.7. The van der Waals surface area contributed by atoms with Gasteiger partial charge in [0.2, 0.25) is 0 Å². The molecule has 0 fully saturated rings. The van der Waals surface area contributed by atoms with Crippen molar-refractivity contribution in [2.75, 3.05) is 0 Å². The predicted octanol–water partition coefficient (Wildman–Crippen LogP) is 9.29. The maximum Gasteiger partial charge on any atom is 0.0916 e. The third kappa shape index (κ3) is 4.28. The molecule has 0 saturated carbocycles. The number of H-pyrrole nitrogens is 1. The molecule has 0 aliphatic rings. The van der Waals surface area contributed by atoms with Crippen LogP contribution in [0.3, 0.4) is 0 Å². The van der Waals surface area contributed by atoms with Gasteiger partial charge in [0.15, 0.2) is 0 Å². The number of hydrogen-bond donors (Lipinski definition) is 1. The van der Waals surface area contributed by atoms with E-state index in [1.165, 1.54) is 44.4 Å². The van der Waals surface area contributed by atoms with Gasteiger partial charge in [0.1, 0.15) is 0 Å². The fourth-order valence-corrected chi connectivity index (χ4v) is 7.34. The van der Waals surface area contributed by atoms with E-state index >= 15 is 0 Å². The Morgan fingerprint density at radius 3 is 1.49 bits per heavy atom. The molecule has 0 unspecified atom stereocenters. The molecular formula is C35H29NS. The molecule has 1 aromatic heterocycles. The Labute approximate surface area is 223 Å². The Hall–Kier alpha value is -4.01. The quantitative estimate of drug-likeness (QED) is 0.218. The third-order valence-electron chi connectivity index (χ3n) is 7.14. The SMILES string of the molecule is Cc1[nH]c2ccccc2c1[C@H](SC(c1ccccc1)(c1ccccc1)c1ccccc1)c1ccccc1. The van der Waals surface area contributed by atoms with Crippen LogP contribution in [0.4, 0.5) is 0 Å². The van der Waals surface area contributed by atoms with Crippen LogP contribution in [0.25, 0.3) is 10.9 Å². The second-order valence-electron chi connectivity index (χ2n) is 9.40. The van der Waals surface area contributed by atoms with E-state index < -0.39 is 4.75 Å². The van der Waals surface area contributed by atoms with Gasteiger partial charge in [-0.15, -0.1) is 11.8 Å². The van der Waals surface area contributed by atoms with Crippen LogP contribution in [0, 0.1) is 6.92 Å². The smallest absolute Gasteiger partial charge is 0.0916 e. The monoisotopic (exact) mass is 495 g/mol.